The van der Waals surface area contributed by atoms with Crippen molar-refractivity contribution < 1.29 is 9.18 Å². The van der Waals surface area contributed by atoms with Gasteiger partial charge in [0.1, 0.15) is 18.0 Å². The lowest BCUT2D eigenvalue weighted by Gasteiger charge is -2.31. The van der Waals surface area contributed by atoms with Crippen LogP contribution in [0, 0.1) is 0 Å². The summed E-state index contributed by atoms with van der Waals surface area (Å²) in [6.45, 7) is 0.0545. The van der Waals surface area contributed by atoms with Crippen LogP contribution in [-0.2, 0) is 0 Å². The Morgan fingerprint density at radius 2 is 2.10 bits per heavy atom. The molecule has 0 radical (unpaired) electrons. The number of alkyl halides is 2. The highest BCUT2D eigenvalue weighted by atomic mass is 35.5. The number of anilines is 1. The first kappa shape index (κ1) is 15.6. The molecule has 0 spiro atoms. The Balaban J connectivity index is 1.87. The summed E-state index contributed by atoms with van der Waals surface area (Å²) in [5.74, 6) is 0. The minimum absolute atomic E-state index is 0.0545. The van der Waals surface area contributed by atoms with E-state index in [1.807, 2.05) is 0 Å². The maximum atomic E-state index is 13.1. The Labute approximate surface area is 130 Å². The molecular weight excluding hydrogens is 330 g/mol. The van der Waals surface area contributed by atoms with E-state index in [2.05, 4.69) is 21.3 Å². The van der Waals surface area contributed by atoms with Crippen molar-refractivity contribution in [1.82, 2.24) is 16.0 Å². The van der Waals surface area contributed by atoms with Gasteiger partial charge in [0.2, 0.25) is 0 Å². The molecule has 3 atom stereocenters. The molecule has 0 saturated carbocycles. The number of carbonyl (C=O) groups excluding carboxylic acids is 1. The van der Waals surface area contributed by atoms with Crippen molar-refractivity contribution >= 4 is 46.5 Å². The Kier molecular flexibility index (Phi) is 5.29. The molecule has 0 aliphatic carbocycles. The van der Waals surface area contributed by atoms with Gasteiger partial charge in [0, 0.05) is 12.2 Å². The summed E-state index contributed by atoms with van der Waals surface area (Å²) in [4.78, 5) is 11.7. The molecule has 0 aromatic heterocycles. The maximum Gasteiger partial charge on any atom is 0.321 e. The largest absolute Gasteiger partial charge is 0.321 e. The minimum Gasteiger partial charge on any atom is -0.310 e. The number of hydrogen-bond acceptors (Lipinski definition) is 3. The molecule has 110 valence electrons. The molecule has 9 heteroatoms. The van der Waals surface area contributed by atoms with Crippen molar-refractivity contribution in [2.24, 2.45) is 0 Å². The third kappa shape index (κ3) is 4.10. The molecule has 4 N–H and O–H groups in total. The summed E-state index contributed by atoms with van der Waals surface area (Å²) in [7, 11) is 0. The van der Waals surface area contributed by atoms with Gasteiger partial charge in [0.25, 0.3) is 0 Å². The fourth-order valence-corrected chi connectivity index (χ4v) is 2.13. The Bertz CT molecular complexity index is 505. The fraction of sp³-hybridized carbons (Fsp3) is 0.364. The van der Waals surface area contributed by atoms with E-state index in [9.17, 15) is 9.18 Å². The van der Waals surface area contributed by atoms with Crippen molar-refractivity contribution in [3.05, 3.63) is 28.2 Å². The van der Waals surface area contributed by atoms with Crippen molar-refractivity contribution in [3.8, 4) is 0 Å². The number of amides is 2. The molecule has 5 nitrogen and oxygen atoms in total. The highest BCUT2D eigenvalue weighted by molar-refractivity contribution is 6.42. The quantitative estimate of drug-likeness (QED) is 0.494. The van der Waals surface area contributed by atoms with Crippen molar-refractivity contribution in [2.45, 2.75) is 18.0 Å². The van der Waals surface area contributed by atoms with Crippen LogP contribution in [0.3, 0.4) is 0 Å². The van der Waals surface area contributed by atoms with E-state index in [4.69, 9.17) is 34.8 Å². The predicted molar refractivity (Wildman–Crippen MR) is 78.1 cm³/mol. The second kappa shape index (κ2) is 6.78. The van der Waals surface area contributed by atoms with Crippen molar-refractivity contribution in [1.29, 1.82) is 0 Å². The topological polar surface area (TPSA) is 65.2 Å². The van der Waals surface area contributed by atoms with Gasteiger partial charge >= 0.3 is 6.03 Å². The van der Waals surface area contributed by atoms with Crippen LogP contribution in [-0.4, -0.2) is 30.5 Å². The van der Waals surface area contributed by atoms with Crippen LogP contribution in [0.5, 0.6) is 0 Å². The lowest BCUT2D eigenvalue weighted by molar-refractivity contribution is 0.187. The van der Waals surface area contributed by atoms with Gasteiger partial charge in [0.05, 0.1) is 10.0 Å². The van der Waals surface area contributed by atoms with E-state index in [1.165, 1.54) is 6.07 Å². The highest BCUT2D eigenvalue weighted by Crippen LogP contribution is 2.24. The Hall–Kier alpha value is -0.790. The van der Waals surface area contributed by atoms with Gasteiger partial charge in [-0.2, -0.15) is 0 Å². The number of carbonyl (C=O) groups is 1. The third-order valence-electron chi connectivity index (χ3n) is 2.61. The lowest BCUT2D eigenvalue weighted by Crippen LogP contribution is -2.64. The number of hydrogen-bond donors (Lipinski definition) is 4. The molecule has 1 aromatic rings. The molecule has 2 amide bonds. The van der Waals surface area contributed by atoms with E-state index < -0.39 is 24.0 Å². The highest BCUT2D eigenvalue weighted by Gasteiger charge is 2.28. The van der Waals surface area contributed by atoms with Gasteiger partial charge in [-0.15, -0.1) is 11.6 Å². The van der Waals surface area contributed by atoms with E-state index >= 15 is 0 Å². The average Bonchev–Trinajstić information content (AvgIpc) is 2.38. The van der Waals surface area contributed by atoms with Crippen LogP contribution in [0.1, 0.15) is 0 Å². The smallest absolute Gasteiger partial charge is 0.310 e. The van der Waals surface area contributed by atoms with Crippen LogP contribution in [0.15, 0.2) is 18.2 Å². The number of benzene rings is 1. The number of halogens is 4. The molecule has 1 aromatic carbocycles. The lowest BCUT2D eigenvalue weighted by atomic mass is 10.3. The summed E-state index contributed by atoms with van der Waals surface area (Å²) >= 11 is 17.3. The van der Waals surface area contributed by atoms with Crippen LogP contribution in [0.4, 0.5) is 14.9 Å². The van der Waals surface area contributed by atoms with Crippen LogP contribution in [0.2, 0.25) is 10.0 Å². The Morgan fingerprint density at radius 3 is 2.75 bits per heavy atom. The summed E-state index contributed by atoms with van der Waals surface area (Å²) in [6.07, 6.45) is -1.83. The van der Waals surface area contributed by atoms with Crippen LogP contribution >= 0.6 is 34.8 Å². The molecule has 1 aliphatic heterocycles. The first-order valence-corrected chi connectivity index (χ1v) is 6.95. The van der Waals surface area contributed by atoms with E-state index in [1.54, 1.807) is 12.1 Å². The third-order valence-corrected chi connectivity index (χ3v) is 3.75. The van der Waals surface area contributed by atoms with Gasteiger partial charge in [-0.25, -0.2) is 9.18 Å². The zero-order valence-electron chi connectivity index (χ0n) is 10.1. The molecule has 1 heterocycles. The van der Waals surface area contributed by atoms with Gasteiger partial charge in [-0.1, -0.05) is 23.2 Å². The number of urea groups is 1. The van der Waals surface area contributed by atoms with Gasteiger partial charge in [-0.3, -0.25) is 10.6 Å². The van der Waals surface area contributed by atoms with E-state index in [0.717, 1.165) is 0 Å². The number of nitrogens with one attached hydrogen (secondary N) is 4. The predicted octanol–water partition coefficient (Wildman–Crippen LogP) is 2.49. The molecule has 1 fully saturated rings. The Morgan fingerprint density at radius 1 is 1.35 bits per heavy atom. The minimum atomic E-state index is -1.21. The summed E-state index contributed by atoms with van der Waals surface area (Å²) in [5, 5.41) is 11.3. The monoisotopic (exact) mass is 340 g/mol. The zero-order valence-corrected chi connectivity index (χ0v) is 12.4. The van der Waals surface area contributed by atoms with Crippen molar-refractivity contribution in [2.75, 3.05) is 11.9 Å². The standard InChI is InChI=1S/C11H12Cl3FN4O/c12-6-2-1-5(3-7(6)13)17-11(20)19-10-16-4-8(15)9(14)18-10/h1-3,8-10,16,18H,4H2,(H2,17,19,20). The molecule has 1 saturated heterocycles. The first-order chi connectivity index (χ1) is 9.45. The molecule has 2 rings (SSSR count). The van der Waals surface area contributed by atoms with Gasteiger partial charge in [-0.05, 0) is 18.2 Å². The average molecular weight is 342 g/mol. The fourth-order valence-electron chi connectivity index (χ4n) is 1.62. The molecule has 1 aliphatic rings. The number of rotatable bonds is 2. The van der Waals surface area contributed by atoms with Crippen LogP contribution in [0.25, 0.3) is 0 Å². The van der Waals surface area contributed by atoms with Crippen LogP contribution < -0.4 is 21.3 Å². The zero-order chi connectivity index (χ0) is 14.7. The summed E-state index contributed by atoms with van der Waals surface area (Å²) in [6, 6.07) is 4.21. The molecule has 0 bridgehead atoms. The molecule has 20 heavy (non-hydrogen) atoms. The van der Waals surface area contributed by atoms with Gasteiger partial charge in [0.15, 0.2) is 0 Å². The maximum absolute atomic E-state index is 13.1. The summed E-state index contributed by atoms with van der Waals surface area (Å²) < 4.78 is 13.1. The molecule has 3 unspecified atom stereocenters. The summed E-state index contributed by atoms with van der Waals surface area (Å²) in [5.41, 5.74) is -0.370. The van der Waals surface area contributed by atoms with E-state index in [-0.39, 0.29) is 6.54 Å². The second-order valence-corrected chi connectivity index (χ2v) is 5.44. The van der Waals surface area contributed by atoms with E-state index in [0.29, 0.717) is 15.7 Å². The van der Waals surface area contributed by atoms with Gasteiger partial charge < -0.3 is 10.6 Å². The van der Waals surface area contributed by atoms with Crippen molar-refractivity contribution in [3.63, 3.8) is 0 Å². The first-order valence-electron chi connectivity index (χ1n) is 5.76. The normalized spacial score (nSPS) is 26.1. The molecular formula is C11H12Cl3FN4O. The SMILES string of the molecule is O=C(Nc1ccc(Cl)c(Cl)c1)NC1NCC(F)C(Cl)N1. The second-order valence-electron chi connectivity index (χ2n) is 4.15.